The SMILES string of the molecule is CC(C)OC(=O)N1CCC(CCCCOC2=NCCC3CNCCC23)CC1. The second-order valence-corrected chi connectivity index (χ2v) is 8.58. The van der Waals surface area contributed by atoms with Crippen LogP contribution in [-0.2, 0) is 9.47 Å². The lowest BCUT2D eigenvalue weighted by Crippen LogP contribution is -2.43. The zero-order chi connectivity index (χ0) is 19.1. The minimum absolute atomic E-state index is 0.0378. The third-order valence-electron chi connectivity index (χ3n) is 6.16. The van der Waals surface area contributed by atoms with Gasteiger partial charge in [-0.2, -0.15) is 0 Å². The Bertz CT molecular complexity index is 501. The molecule has 2 unspecified atom stereocenters. The lowest BCUT2D eigenvalue weighted by Gasteiger charge is -2.35. The number of carbonyl (C=O) groups excluding carboxylic acids is 1. The maximum atomic E-state index is 11.9. The number of aliphatic imine (C=N–C) groups is 1. The van der Waals surface area contributed by atoms with E-state index >= 15 is 0 Å². The first-order valence-corrected chi connectivity index (χ1v) is 11.0. The van der Waals surface area contributed by atoms with Crippen molar-refractivity contribution in [2.45, 2.75) is 64.9 Å². The molecule has 1 amide bonds. The minimum atomic E-state index is -0.152. The second kappa shape index (κ2) is 10.3. The van der Waals surface area contributed by atoms with Gasteiger partial charge in [0.1, 0.15) is 0 Å². The summed E-state index contributed by atoms with van der Waals surface area (Å²) in [6.07, 6.45) is 7.91. The maximum absolute atomic E-state index is 11.9. The Morgan fingerprint density at radius 2 is 2.04 bits per heavy atom. The molecule has 0 saturated carbocycles. The largest absolute Gasteiger partial charge is 0.481 e. The highest BCUT2D eigenvalue weighted by molar-refractivity contribution is 5.80. The Morgan fingerprint density at radius 1 is 1.22 bits per heavy atom. The molecule has 0 bridgehead atoms. The number of rotatable bonds is 6. The minimum Gasteiger partial charge on any atom is -0.481 e. The monoisotopic (exact) mass is 379 g/mol. The lowest BCUT2D eigenvalue weighted by atomic mass is 9.82. The van der Waals surface area contributed by atoms with Crippen LogP contribution in [0.3, 0.4) is 0 Å². The average molecular weight is 380 g/mol. The van der Waals surface area contributed by atoms with Gasteiger partial charge in [0, 0.05) is 25.6 Å². The summed E-state index contributed by atoms with van der Waals surface area (Å²) in [5.74, 6) is 3.03. The van der Waals surface area contributed by atoms with E-state index in [0.717, 1.165) is 76.3 Å². The van der Waals surface area contributed by atoms with Gasteiger partial charge in [0.2, 0.25) is 0 Å². The third-order valence-corrected chi connectivity index (χ3v) is 6.16. The molecule has 2 atom stereocenters. The smallest absolute Gasteiger partial charge is 0.410 e. The number of unbranched alkanes of at least 4 members (excludes halogenated alkanes) is 1. The fourth-order valence-electron chi connectivity index (χ4n) is 4.55. The predicted molar refractivity (Wildman–Crippen MR) is 107 cm³/mol. The van der Waals surface area contributed by atoms with E-state index in [-0.39, 0.29) is 12.2 Å². The van der Waals surface area contributed by atoms with Gasteiger partial charge in [-0.05, 0) is 77.3 Å². The van der Waals surface area contributed by atoms with Crippen molar-refractivity contribution in [3.8, 4) is 0 Å². The number of fused-ring (bicyclic) bond motifs is 1. The molecule has 3 aliphatic heterocycles. The van der Waals surface area contributed by atoms with Gasteiger partial charge in [0.05, 0.1) is 12.7 Å². The van der Waals surface area contributed by atoms with E-state index in [1.165, 1.54) is 25.7 Å². The molecule has 0 aromatic carbocycles. The highest BCUT2D eigenvalue weighted by Crippen LogP contribution is 2.28. The number of piperidine rings is 2. The van der Waals surface area contributed by atoms with Crippen LogP contribution in [0.1, 0.15) is 58.8 Å². The molecule has 6 nitrogen and oxygen atoms in total. The summed E-state index contributed by atoms with van der Waals surface area (Å²) in [6.45, 7) is 9.41. The fraction of sp³-hybridized carbons (Fsp3) is 0.905. The summed E-state index contributed by atoms with van der Waals surface area (Å²) < 4.78 is 11.4. The molecule has 0 radical (unpaired) electrons. The molecule has 6 heteroatoms. The molecule has 1 N–H and O–H groups in total. The van der Waals surface area contributed by atoms with Crippen LogP contribution in [0.15, 0.2) is 4.99 Å². The number of nitrogens with one attached hydrogen (secondary N) is 1. The van der Waals surface area contributed by atoms with Crippen molar-refractivity contribution in [3.63, 3.8) is 0 Å². The van der Waals surface area contributed by atoms with Crippen molar-refractivity contribution in [3.05, 3.63) is 0 Å². The normalized spacial score (nSPS) is 26.5. The van der Waals surface area contributed by atoms with Crippen molar-refractivity contribution in [2.24, 2.45) is 22.7 Å². The van der Waals surface area contributed by atoms with Gasteiger partial charge in [-0.1, -0.05) is 6.42 Å². The molecule has 0 aliphatic carbocycles. The van der Waals surface area contributed by atoms with E-state index in [1.807, 2.05) is 18.7 Å². The molecule has 27 heavy (non-hydrogen) atoms. The van der Waals surface area contributed by atoms with Crippen LogP contribution in [0.25, 0.3) is 0 Å². The van der Waals surface area contributed by atoms with E-state index in [2.05, 4.69) is 10.3 Å². The molecule has 2 fully saturated rings. The van der Waals surface area contributed by atoms with Crippen molar-refractivity contribution < 1.29 is 14.3 Å². The highest BCUT2D eigenvalue weighted by Gasteiger charge is 2.32. The number of carbonyl (C=O) groups is 1. The van der Waals surface area contributed by atoms with Crippen LogP contribution in [0, 0.1) is 17.8 Å². The summed E-state index contributed by atoms with van der Waals surface area (Å²) in [5, 5.41) is 3.49. The third kappa shape index (κ3) is 6.09. The average Bonchev–Trinajstić information content (AvgIpc) is 2.68. The van der Waals surface area contributed by atoms with Gasteiger partial charge in [-0.15, -0.1) is 0 Å². The van der Waals surface area contributed by atoms with Crippen LogP contribution in [0.5, 0.6) is 0 Å². The molecule has 3 aliphatic rings. The summed E-state index contributed by atoms with van der Waals surface area (Å²) in [4.78, 5) is 18.5. The standard InChI is InChI=1S/C21H37N3O3/c1-16(2)27-21(25)24-12-8-17(9-13-24)5-3-4-14-26-20-19-7-10-22-15-18(19)6-11-23-20/h16-19,22H,3-15H2,1-2H3. The molecular weight excluding hydrogens is 342 g/mol. The summed E-state index contributed by atoms with van der Waals surface area (Å²) >= 11 is 0. The first-order chi connectivity index (χ1) is 13.1. The van der Waals surface area contributed by atoms with E-state index in [1.54, 1.807) is 0 Å². The number of likely N-dealkylation sites (tertiary alicyclic amines) is 1. The van der Waals surface area contributed by atoms with Gasteiger partial charge in [0.15, 0.2) is 5.90 Å². The molecule has 0 spiro atoms. The van der Waals surface area contributed by atoms with Crippen LogP contribution in [0.4, 0.5) is 4.79 Å². The molecule has 0 aromatic rings. The zero-order valence-corrected chi connectivity index (χ0v) is 17.1. The molecule has 3 heterocycles. The Balaban J connectivity index is 1.27. The fourth-order valence-corrected chi connectivity index (χ4v) is 4.55. The number of nitrogens with zero attached hydrogens (tertiary/aromatic N) is 2. The van der Waals surface area contributed by atoms with Crippen LogP contribution < -0.4 is 5.32 Å². The molecule has 3 rings (SSSR count). The Kier molecular flexibility index (Phi) is 7.80. The Morgan fingerprint density at radius 3 is 2.81 bits per heavy atom. The van der Waals surface area contributed by atoms with Gasteiger partial charge in [-0.3, -0.25) is 4.99 Å². The van der Waals surface area contributed by atoms with Crippen molar-refractivity contribution in [2.75, 3.05) is 39.3 Å². The van der Waals surface area contributed by atoms with E-state index in [4.69, 9.17) is 9.47 Å². The summed E-state index contributed by atoms with van der Waals surface area (Å²) in [7, 11) is 0. The predicted octanol–water partition coefficient (Wildman–Crippen LogP) is 3.46. The van der Waals surface area contributed by atoms with Crippen LogP contribution in [0.2, 0.25) is 0 Å². The van der Waals surface area contributed by atoms with E-state index in [0.29, 0.717) is 5.92 Å². The van der Waals surface area contributed by atoms with Crippen LogP contribution >= 0.6 is 0 Å². The van der Waals surface area contributed by atoms with Gasteiger partial charge >= 0.3 is 6.09 Å². The molecular formula is C21H37N3O3. The van der Waals surface area contributed by atoms with Crippen molar-refractivity contribution in [1.82, 2.24) is 10.2 Å². The Hall–Kier alpha value is -1.30. The zero-order valence-electron chi connectivity index (χ0n) is 17.1. The van der Waals surface area contributed by atoms with Gasteiger partial charge in [0.25, 0.3) is 0 Å². The summed E-state index contributed by atoms with van der Waals surface area (Å²) in [6, 6.07) is 0. The second-order valence-electron chi connectivity index (χ2n) is 8.58. The maximum Gasteiger partial charge on any atom is 0.410 e. The molecule has 0 aromatic heterocycles. The Labute approximate surface area is 164 Å². The van der Waals surface area contributed by atoms with Gasteiger partial charge < -0.3 is 19.7 Å². The molecule has 2 saturated heterocycles. The van der Waals surface area contributed by atoms with Crippen LogP contribution in [-0.4, -0.2) is 62.3 Å². The number of hydrogen-bond acceptors (Lipinski definition) is 5. The van der Waals surface area contributed by atoms with E-state index in [9.17, 15) is 4.79 Å². The van der Waals surface area contributed by atoms with Crippen molar-refractivity contribution >= 4 is 12.0 Å². The number of ether oxygens (including phenoxy) is 2. The quantitative estimate of drug-likeness (QED) is 0.718. The number of amides is 1. The number of hydrogen-bond donors (Lipinski definition) is 1. The topological polar surface area (TPSA) is 63.2 Å². The highest BCUT2D eigenvalue weighted by atomic mass is 16.6. The first kappa shape index (κ1) is 20.4. The molecule has 154 valence electrons. The first-order valence-electron chi connectivity index (χ1n) is 11.0. The lowest BCUT2D eigenvalue weighted by molar-refractivity contribution is 0.0645. The van der Waals surface area contributed by atoms with Gasteiger partial charge in [-0.25, -0.2) is 4.79 Å². The van der Waals surface area contributed by atoms with E-state index < -0.39 is 0 Å². The summed E-state index contributed by atoms with van der Waals surface area (Å²) in [5.41, 5.74) is 0. The van der Waals surface area contributed by atoms with Crippen molar-refractivity contribution in [1.29, 1.82) is 0 Å².